The minimum Gasteiger partial charge on any atom is -0.306 e. The lowest BCUT2D eigenvalue weighted by atomic mass is 9.98. The van der Waals surface area contributed by atoms with Gasteiger partial charge in [-0.2, -0.15) is 0 Å². The molecule has 0 bridgehead atoms. The smallest absolute Gasteiger partial charge is 0.0936 e. The van der Waals surface area contributed by atoms with Gasteiger partial charge in [0, 0.05) is 19.2 Å². The van der Waals surface area contributed by atoms with Crippen LogP contribution < -0.4 is 5.30 Å². The van der Waals surface area contributed by atoms with Crippen LogP contribution in [0.5, 0.6) is 0 Å². The van der Waals surface area contributed by atoms with Crippen molar-refractivity contribution in [1.29, 1.82) is 0 Å². The van der Waals surface area contributed by atoms with E-state index < -0.39 is 7.26 Å². The molecule has 1 aromatic rings. The fourth-order valence-corrected chi connectivity index (χ4v) is 7.23. The quantitative estimate of drug-likeness (QED) is 0.759. The second-order valence-corrected chi connectivity index (χ2v) is 11.0. The summed E-state index contributed by atoms with van der Waals surface area (Å²) in [6, 6.07) is 12.0. The molecule has 3 atom stereocenters. The van der Waals surface area contributed by atoms with Crippen LogP contribution in [0.15, 0.2) is 30.3 Å². The van der Waals surface area contributed by atoms with Gasteiger partial charge in [0.25, 0.3) is 0 Å². The van der Waals surface area contributed by atoms with Gasteiger partial charge in [0.05, 0.1) is 24.3 Å². The average molecular weight is 278 g/mol. The van der Waals surface area contributed by atoms with Gasteiger partial charge < -0.3 is 4.90 Å². The molecule has 1 aliphatic rings. The van der Waals surface area contributed by atoms with Gasteiger partial charge in [-0.3, -0.25) is 0 Å². The maximum absolute atomic E-state index is 2.55. The number of benzene rings is 1. The summed E-state index contributed by atoms with van der Waals surface area (Å²) >= 11 is 0. The van der Waals surface area contributed by atoms with Gasteiger partial charge >= 0.3 is 0 Å². The predicted octanol–water partition coefficient (Wildman–Crippen LogP) is 3.71. The third-order valence-electron chi connectivity index (χ3n) is 5.22. The molecule has 0 spiro atoms. The summed E-state index contributed by atoms with van der Waals surface area (Å²) in [6.07, 6.45) is 4.27. The highest BCUT2D eigenvalue weighted by Crippen LogP contribution is 2.62. The van der Waals surface area contributed by atoms with Crippen LogP contribution in [0.2, 0.25) is 0 Å². The molecule has 1 fully saturated rings. The van der Waals surface area contributed by atoms with E-state index in [1.807, 2.05) is 0 Å². The van der Waals surface area contributed by atoms with E-state index in [0.717, 1.165) is 11.6 Å². The normalized spacial score (nSPS) is 25.8. The van der Waals surface area contributed by atoms with Crippen molar-refractivity contribution in [2.24, 2.45) is 5.92 Å². The van der Waals surface area contributed by atoms with Crippen molar-refractivity contribution in [1.82, 2.24) is 4.90 Å². The molecule has 0 saturated heterocycles. The minimum absolute atomic E-state index is 0.704. The molecule has 0 radical (unpaired) electrons. The van der Waals surface area contributed by atoms with Crippen LogP contribution in [0.3, 0.4) is 0 Å². The standard InChI is InChI=1S/C17H29NP/c1-14(18(2)3)16-12-9-13-17(16)19(4,5)15-10-7-6-8-11-15/h6-8,10-11,14,16-17H,9,12-13H2,1-5H3/q+1/t14-,16?,17?/m1/s1. The molecule has 19 heavy (non-hydrogen) atoms. The summed E-state index contributed by atoms with van der Waals surface area (Å²) in [5.74, 6) is 0.874. The Morgan fingerprint density at radius 2 is 1.74 bits per heavy atom. The zero-order valence-electron chi connectivity index (χ0n) is 13.1. The van der Waals surface area contributed by atoms with Gasteiger partial charge in [-0.1, -0.05) is 18.2 Å². The van der Waals surface area contributed by atoms with Crippen LogP contribution in [-0.4, -0.2) is 44.0 Å². The molecular weight excluding hydrogens is 249 g/mol. The van der Waals surface area contributed by atoms with E-state index in [-0.39, 0.29) is 0 Å². The fraction of sp³-hybridized carbons (Fsp3) is 0.647. The van der Waals surface area contributed by atoms with E-state index in [4.69, 9.17) is 0 Å². The summed E-state index contributed by atoms with van der Waals surface area (Å²) < 4.78 is 0. The first-order chi connectivity index (χ1) is 8.94. The van der Waals surface area contributed by atoms with Gasteiger partial charge in [0.15, 0.2) is 0 Å². The van der Waals surface area contributed by atoms with Crippen molar-refractivity contribution in [3.05, 3.63) is 30.3 Å². The van der Waals surface area contributed by atoms with Crippen molar-refractivity contribution in [3.63, 3.8) is 0 Å². The molecule has 1 nitrogen and oxygen atoms in total. The van der Waals surface area contributed by atoms with Gasteiger partial charge in [-0.05, 0) is 52.4 Å². The molecule has 106 valence electrons. The van der Waals surface area contributed by atoms with Gasteiger partial charge in [0.1, 0.15) is 0 Å². The largest absolute Gasteiger partial charge is 0.306 e. The van der Waals surface area contributed by atoms with E-state index in [1.54, 1.807) is 5.30 Å². The van der Waals surface area contributed by atoms with E-state index in [2.05, 4.69) is 69.6 Å². The van der Waals surface area contributed by atoms with Crippen molar-refractivity contribution in [3.8, 4) is 0 Å². The van der Waals surface area contributed by atoms with Crippen LogP contribution in [0.1, 0.15) is 26.2 Å². The maximum Gasteiger partial charge on any atom is 0.0936 e. The Hall–Kier alpha value is -0.390. The van der Waals surface area contributed by atoms with Gasteiger partial charge in [-0.15, -0.1) is 0 Å². The van der Waals surface area contributed by atoms with Crippen molar-refractivity contribution < 1.29 is 0 Å². The first-order valence-electron chi connectivity index (χ1n) is 7.50. The molecule has 2 heteroatoms. The summed E-state index contributed by atoms with van der Waals surface area (Å²) in [6.45, 7) is 7.51. The lowest BCUT2D eigenvalue weighted by Crippen LogP contribution is -2.38. The lowest BCUT2D eigenvalue weighted by molar-refractivity contribution is 0.232. The third-order valence-corrected chi connectivity index (χ3v) is 9.14. The second kappa shape index (κ2) is 5.94. The highest BCUT2D eigenvalue weighted by Gasteiger charge is 2.47. The molecular formula is C17H29NP+. The molecule has 2 unspecified atom stereocenters. The number of rotatable bonds is 4. The Balaban J connectivity index is 2.24. The van der Waals surface area contributed by atoms with Crippen LogP contribution in [0.25, 0.3) is 0 Å². The Bertz CT molecular complexity index is 399. The van der Waals surface area contributed by atoms with E-state index in [1.165, 1.54) is 19.3 Å². The van der Waals surface area contributed by atoms with E-state index >= 15 is 0 Å². The first-order valence-corrected chi connectivity index (χ1v) is 10.3. The van der Waals surface area contributed by atoms with Crippen molar-refractivity contribution in [2.75, 3.05) is 27.4 Å². The van der Waals surface area contributed by atoms with Crippen LogP contribution in [0.4, 0.5) is 0 Å². The first kappa shape index (κ1) is 15.0. The molecule has 1 saturated carbocycles. The van der Waals surface area contributed by atoms with E-state index in [0.29, 0.717) is 6.04 Å². The molecule has 1 aliphatic carbocycles. The maximum atomic E-state index is 2.55. The third kappa shape index (κ3) is 3.03. The topological polar surface area (TPSA) is 3.24 Å². The molecule has 2 rings (SSSR count). The summed E-state index contributed by atoms with van der Waals surface area (Å²) in [5.41, 5.74) is 0.910. The fourth-order valence-electron chi connectivity index (χ4n) is 3.72. The number of hydrogen-bond acceptors (Lipinski definition) is 1. The van der Waals surface area contributed by atoms with Crippen LogP contribution >= 0.6 is 7.26 Å². The number of hydrogen-bond donors (Lipinski definition) is 0. The molecule has 1 aromatic carbocycles. The van der Waals surface area contributed by atoms with Crippen LogP contribution in [-0.2, 0) is 0 Å². The zero-order valence-corrected chi connectivity index (χ0v) is 14.0. The monoisotopic (exact) mass is 278 g/mol. The average Bonchev–Trinajstić information content (AvgIpc) is 2.88. The molecule has 0 N–H and O–H groups in total. The predicted molar refractivity (Wildman–Crippen MR) is 89.1 cm³/mol. The molecule has 0 aromatic heterocycles. The summed E-state index contributed by atoms with van der Waals surface area (Å²) in [7, 11) is 3.44. The van der Waals surface area contributed by atoms with E-state index in [9.17, 15) is 0 Å². The van der Waals surface area contributed by atoms with Gasteiger partial charge in [-0.25, -0.2) is 0 Å². The Morgan fingerprint density at radius 3 is 2.32 bits per heavy atom. The summed E-state index contributed by atoms with van der Waals surface area (Å²) in [5, 5.41) is 1.61. The highest BCUT2D eigenvalue weighted by molar-refractivity contribution is 7.82. The summed E-state index contributed by atoms with van der Waals surface area (Å²) in [4.78, 5) is 2.41. The Kier molecular flexibility index (Phi) is 4.69. The Labute approximate surface area is 119 Å². The molecule has 0 aliphatic heterocycles. The van der Waals surface area contributed by atoms with Crippen molar-refractivity contribution >= 4 is 12.6 Å². The second-order valence-electron chi connectivity index (χ2n) is 6.74. The SMILES string of the molecule is C[C@H](C1CCCC1[P+](C)(C)c1ccccc1)N(C)C. The van der Waals surface area contributed by atoms with Crippen molar-refractivity contribution in [2.45, 2.75) is 37.9 Å². The molecule has 0 heterocycles. The van der Waals surface area contributed by atoms with Crippen LogP contribution in [0, 0.1) is 5.92 Å². The molecule has 0 amide bonds. The van der Waals surface area contributed by atoms with Gasteiger partial charge in [0.2, 0.25) is 0 Å². The minimum atomic E-state index is -1.02. The number of nitrogens with zero attached hydrogens (tertiary/aromatic N) is 1. The highest BCUT2D eigenvalue weighted by atomic mass is 31.2. The Morgan fingerprint density at radius 1 is 1.11 bits per heavy atom. The lowest BCUT2D eigenvalue weighted by Gasteiger charge is -2.35. The zero-order chi connectivity index (χ0) is 14.0.